The average Bonchev–Trinajstić information content (AvgIpc) is 2.95. The molecule has 0 saturated carbocycles. The molecule has 2 atom stereocenters. The maximum atomic E-state index is 13.4. The molecule has 3 rings (SSSR count). The monoisotopic (exact) mass is 329 g/mol. The predicted octanol–water partition coefficient (Wildman–Crippen LogP) is 2.71. The van der Waals surface area contributed by atoms with Crippen molar-refractivity contribution in [2.45, 2.75) is 19.1 Å². The van der Waals surface area contributed by atoms with Crippen LogP contribution in [0.4, 0.5) is 4.39 Å². The number of β-amino-alcohol motifs (C(OH)–C–C–N with tert-alkyl or cyclic N) is 1. The number of benzene rings is 2. The zero-order valence-corrected chi connectivity index (χ0v) is 13.5. The topological polar surface area (TPSA) is 49.8 Å². The molecule has 0 aromatic heterocycles. The molecule has 0 radical (unpaired) electrons. The molecule has 2 aromatic carbocycles. The predicted molar refractivity (Wildman–Crippen MR) is 89.2 cm³/mol. The lowest BCUT2D eigenvalue weighted by Crippen LogP contribution is -2.30. The van der Waals surface area contributed by atoms with E-state index in [1.54, 1.807) is 35.2 Å². The Labute approximate surface area is 140 Å². The third kappa shape index (κ3) is 3.47. The van der Waals surface area contributed by atoms with Gasteiger partial charge in [-0.2, -0.15) is 0 Å². The number of aliphatic hydroxyl groups excluding tert-OH is 1. The fraction of sp³-hybridized carbons (Fsp3) is 0.316. The summed E-state index contributed by atoms with van der Waals surface area (Å²) in [6.07, 6.45) is -1.01. The molecule has 1 fully saturated rings. The number of hydrogen-bond acceptors (Lipinski definition) is 3. The van der Waals surface area contributed by atoms with Gasteiger partial charge in [-0.3, -0.25) is 4.79 Å². The van der Waals surface area contributed by atoms with Crippen molar-refractivity contribution in [3.63, 3.8) is 0 Å². The average molecular weight is 329 g/mol. The molecule has 2 aromatic rings. The number of rotatable bonds is 4. The van der Waals surface area contributed by atoms with Crippen LogP contribution in [0.3, 0.4) is 0 Å². The lowest BCUT2D eigenvalue weighted by Gasteiger charge is -2.16. The van der Waals surface area contributed by atoms with E-state index in [1.165, 1.54) is 12.1 Å². The van der Waals surface area contributed by atoms with Crippen LogP contribution < -0.4 is 0 Å². The van der Waals surface area contributed by atoms with Crippen LogP contribution in [0.15, 0.2) is 48.5 Å². The van der Waals surface area contributed by atoms with Gasteiger partial charge >= 0.3 is 0 Å². The summed E-state index contributed by atoms with van der Waals surface area (Å²) in [5.41, 5.74) is 2.01. The van der Waals surface area contributed by atoms with Crippen LogP contribution in [0.1, 0.15) is 17.3 Å². The highest BCUT2D eigenvalue weighted by Crippen LogP contribution is 2.23. The van der Waals surface area contributed by atoms with E-state index in [0.717, 1.165) is 11.1 Å². The number of nitrogens with zero attached hydrogens (tertiary/aromatic N) is 1. The molecule has 0 spiro atoms. The minimum atomic E-state index is -0.666. The Hall–Kier alpha value is -2.24. The summed E-state index contributed by atoms with van der Waals surface area (Å²) >= 11 is 0. The van der Waals surface area contributed by atoms with Crippen molar-refractivity contribution < 1.29 is 19.0 Å². The first-order chi connectivity index (χ1) is 11.6. The van der Waals surface area contributed by atoms with Crippen LogP contribution in [0, 0.1) is 5.82 Å². The van der Waals surface area contributed by atoms with E-state index in [4.69, 9.17) is 4.74 Å². The van der Waals surface area contributed by atoms with E-state index in [-0.39, 0.29) is 24.4 Å². The van der Waals surface area contributed by atoms with Crippen molar-refractivity contribution >= 4 is 5.91 Å². The standard InChI is InChI=1S/C19H20FNO3/c1-2-24-18-12-21(11-17(18)22)19(23)15-7-3-5-13(9-15)14-6-4-8-16(20)10-14/h3-10,17-18,22H,2,11-12H2,1H3/t17-,18-/m1/s1. The normalized spacial score (nSPS) is 20.4. The van der Waals surface area contributed by atoms with Crippen molar-refractivity contribution in [2.24, 2.45) is 0 Å². The Balaban J connectivity index is 1.80. The van der Waals surface area contributed by atoms with Gasteiger partial charge in [-0.05, 0) is 42.3 Å². The lowest BCUT2D eigenvalue weighted by atomic mass is 10.0. The van der Waals surface area contributed by atoms with Crippen LogP contribution in [-0.4, -0.2) is 47.8 Å². The van der Waals surface area contributed by atoms with Crippen molar-refractivity contribution in [2.75, 3.05) is 19.7 Å². The Morgan fingerprint density at radius 3 is 2.62 bits per heavy atom. The van der Waals surface area contributed by atoms with Crippen LogP contribution in [0.25, 0.3) is 11.1 Å². The van der Waals surface area contributed by atoms with Crippen LogP contribution >= 0.6 is 0 Å². The summed E-state index contributed by atoms with van der Waals surface area (Å²) < 4.78 is 18.9. The van der Waals surface area contributed by atoms with E-state index < -0.39 is 6.10 Å². The maximum Gasteiger partial charge on any atom is 0.254 e. The van der Waals surface area contributed by atoms with E-state index >= 15 is 0 Å². The number of likely N-dealkylation sites (tertiary alicyclic amines) is 1. The molecule has 5 heteroatoms. The van der Waals surface area contributed by atoms with Crippen LogP contribution in [0.5, 0.6) is 0 Å². The van der Waals surface area contributed by atoms with Gasteiger partial charge in [0.05, 0.1) is 6.10 Å². The molecule has 0 aliphatic carbocycles. The molecule has 1 amide bonds. The summed E-state index contributed by atoms with van der Waals surface area (Å²) in [5.74, 6) is -0.471. The highest BCUT2D eigenvalue weighted by atomic mass is 19.1. The second kappa shape index (κ2) is 7.11. The molecule has 24 heavy (non-hydrogen) atoms. The van der Waals surface area contributed by atoms with E-state index in [2.05, 4.69) is 0 Å². The van der Waals surface area contributed by atoms with Gasteiger partial charge in [0.2, 0.25) is 0 Å². The number of hydrogen-bond donors (Lipinski definition) is 1. The number of ether oxygens (including phenoxy) is 1. The highest BCUT2D eigenvalue weighted by Gasteiger charge is 2.34. The largest absolute Gasteiger partial charge is 0.388 e. The number of amides is 1. The maximum absolute atomic E-state index is 13.4. The molecule has 0 bridgehead atoms. The molecule has 1 heterocycles. The summed E-state index contributed by atoms with van der Waals surface area (Å²) in [6.45, 7) is 2.99. The molecule has 1 aliphatic heterocycles. The van der Waals surface area contributed by atoms with Crippen molar-refractivity contribution in [3.05, 3.63) is 59.9 Å². The molecular weight excluding hydrogens is 309 g/mol. The molecule has 0 unspecified atom stereocenters. The molecule has 1 saturated heterocycles. The van der Waals surface area contributed by atoms with Crippen molar-refractivity contribution in [1.29, 1.82) is 0 Å². The first-order valence-electron chi connectivity index (χ1n) is 8.03. The minimum Gasteiger partial charge on any atom is -0.388 e. The first-order valence-corrected chi connectivity index (χ1v) is 8.03. The third-order valence-corrected chi connectivity index (χ3v) is 4.17. The molecule has 126 valence electrons. The summed E-state index contributed by atoms with van der Waals surface area (Å²) in [5, 5.41) is 9.99. The Morgan fingerprint density at radius 2 is 1.92 bits per heavy atom. The number of carbonyl (C=O) groups excluding carboxylic acids is 1. The molecule has 4 nitrogen and oxygen atoms in total. The van der Waals surface area contributed by atoms with Gasteiger partial charge in [0.15, 0.2) is 0 Å². The smallest absolute Gasteiger partial charge is 0.254 e. The first kappa shape index (κ1) is 16.6. The van der Waals surface area contributed by atoms with Crippen molar-refractivity contribution in [3.8, 4) is 11.1 Å². The lowest BCUT2D eigenvalue weighted by molar-refractivity contribution is -0.00237. The molecule has 1 N–H and O–H groups in total. The second-order valence-corrected chi connectivity index (χ2v) is 5.86. The molecule has 1 aliphatic rings. The minimum absolute atomic E-state index is 0.158. The Kier molecular flexibility index (Phi) is 4.92. The van der Waals surface area contributed by atoms with Crippen LogP contribution in [-0.2, 0) is 4.74 Å². The van der Waals surface area contributed by atoms with Gasteiger partial charge < -0.3 is 14.7 Å². The van der Waals surface area contributed by atoms with Gasteiger partial charge in [-0.15, -0.1) is 0 Å². The summed E-state index contributed by atoms with van der Waals surface area (Å²) in [4.78, 5) is 14.3. The summed E-state index contributed by atoms with van der Waals surface area (Å²) in [7, 11) is 0. The SMILES string of the molecule is CCO[C@@H]1CN(C(=O)c2cccc(-c3cccc(F)c3)c2)C[C@H]1O. The van der Waals surface area contributed by atoms with Crippen LogP contribution in [0.2, 0.25) is 0 Å². The van der Waals surface area contributed by atoms with Gasteiger partial charge in [-0.25, -0.2) is 4.39 Å². The fourth-order valence-electron chi connectivity index (χ4n) is 2.98. The van der Waals surface area contributed by atoms with Gasteiger partial charge in [0.1, 0.15) is 11.9 Å². The Bertz CT molecular complexity index is 734. The number of aliphatic hydroxyl groups is 1. The van der Waals surface area contributed by atoms with E-state index in [0.29, 0.717) is 18.7 Å². The van der Waals surface area contributed by atoms with Gasteiger partial charge in [0.25, 0.3) is 5.91 Å². The number of carbonyl (C=O) groups is 1. The zero-order chi connectivity index (χ0) is 17.1. The van der Waals surface area contributed by atoms with Gasteiger partial charge in [-0.1, -0.05) is 24.3 Å². The van der Waals surface area contributed by atoms with E-state index in [9.17, 15) is 14.3 Å². The Morgan fingerprint density at radius 1 is 1.21 bits per heavy atom. The zero-order valence-electron chi connectivity index (χ0n) is 13.5. The fourth-order valence-corrected chi connectivity index (χ4v) is 2.98. The van der Waals surface area contributed by atoms with Gasteiger partial charge in [0, 0.05) is 25.3 Å². The highest BCUT2D eigenvalue weighted by molar-refractivity contribution is 5.95. The van der Waals surface area contributed by atoms with E-state index in [1.807, 2.05) is 13.0 Å². The molecular formula is C19H20FNO3. The quantitative estimate of drug-likeness (QED) is 0.938. The number of halogens is 1. The second-order valence-electron chi connectivity index (χ2n) is 5.86. The van der Waals surface area contributed by atoms with Crippen molar-refractivity contribution in [1.82, 2.24) is 4.90 Å². The summed E-state index contributed by atoms with van der Waals surface area (Å²) in [6, 6.07) is 13.4. The third-order valence-electron chi connectivity index (χ3n) is 4.17.